The smallest absolute Gasteiger partial charge is 0.303 e. The normalized spacial score (nSPS) is 12.4. The Kier molecular flexibility index (Phi) is 3.50. The number of aromatic nitrogens is 2. The van der Waals surface area contributed by atoms with Crippen LogP contribution < -0.4 is 5.32 Å². The Labute approximate surface area is 82.7 Å². The van der Waals surface area contributed by atoms with Crippen molar-refractivity contribution in [1.29, 1.82) is 0 Å². The van der Waals surface area contributed by atoms with Crippen LogP contribution in [-0.2, 0) is 11.8 Å². The minimum Gasteiger partial charge on any atom is -0.481 e. The highest BCUT2D eigenvalue weighted by Crippen LogP contribution is 2.06. The topological polar surface area (TPSA) is 67.2 Å². The highest BCUT2D eigenvalue weighted by molar-refractivity contribution is 5.66. The van der Waals surface area contributed by atoms with Crippen molar-refractivity contribution in [3.8, 4) is 0 Å². The van der Waals surface area contributed by atoms with Crippen molar-refractivity contribution in [2.75, 3.05) is 5.32 Å². The summed E-state index contributed by atoms with van der Waals surface area (Å²) in [6.45, 7) is 1.94. The van der Waals surface area contributed by atoms with Crippen molar-refractivity contribution in [1.82, 2.24) is 9.78 Å². The zero-order valence-electron chi connectivity index (χ0n) is 8.40. The third-order valence-electron chi connectivity index (χ3n) is 1.90. The number of hydrogen-bond donors (Lipinski definition) is 2. The molecule has 1 aromatic heterocycles. The summed E-state index contributed by atoms with van der Waals surface area (Å²) in [6.07, 6.45) is 2.62. The maximum atomic E-state index is 10.3. The van der Waals surface area contributed by atoms with Gasteiger partial charge in [0.1, 0.15) is 5.82 Å². The molecular formula is C9H15N3O2. The van der Waals surface area contributed by atoms with Gasteiger partial charge >= 0.3 is 5.97 Å². The van der Waals surface area contributed by atoms with Crippen molar-refractivity contribution in [3.63, 3.8) is 0 Å². The van der Waals surface area contributed by atoms with Gasteiger partial charge in [-0.25, -0.2) is 0 Å². The first kappa shape index (κ1) is 10.6. The number of carbonyl (C=O) groups is 1. The second-order valence-electron chi connectivity index (χ2n) is 3.35. The Bertz CT molecular complexity index is 309. The van der Waals surface area contributed by atoms with Gasteiger partial charge in [-0.1, -0.05) is 0 Å². The molecule has 0 spiro atoms. The van der Waals surface area contributed by atoms with E-state index in [9.17, 15) is 4.79 Å². The molecule has 0 amide bonds. The Morgan fingerprint density at radius 3 is 3.00 bits per heavy atom. The summed E-state index contributed by atoms with van der Waals surface area (Å²) in [5.41, 5.74) is 0. The summed E-state index contributed by atoms with van der Waals surface area (Å²) in [5.74, 6) is 0.0186. The van der Waals surface area contributed by atoms with Gasteiger partial charge in [0.15, 0.2) is 0 Å². The zero-order valence-corrected chi connectivity index (χ0v) is 8.40. The standard InChI is InChI=1S/C9H15N3O2/c1-7(3-4-9(13)14)10-8-5-6-12(2)11-8/h5-7H,3-4H2,1-2H3,(H,10,11)(H,13,14). The minimum absolute atomic E-state index is 0.126. The van der Waals surface area contributed by atoms with Crippen LogP contribution in [0.1, 0.15) is 19.8 Å². The predicted octanol–water partition coefficient (Wildman–Crippen LogP) is 1.09. The average Bonchev–Trinajstić information content (AvgIpc) is 2.48. The van der Waals surface area contributed by atoms with Crippen molar-refractivity contribution < 1.29 is 9.90 Å². The van der Waals surface area contributed by atoms with E-state index in [2.05, 4.69) is 10.4 Å². The van der Waals surface area contributed by atoms with Gasteiger partial charge in [0.2, 0.25) is 0 Å². The third-order valence-corrected chi connectivity index (χ3v) is 1.90. The lowest BCUT2D eigenvalue weighted by atomic mass is 10.2. The lowest BCUT2D eigenvalue weighted by Crippen LogP contribution is -2.17. The van der Waals surface area contributed by atoms with Crippen LogP contribution in [0.15, 0.2) is 12.3 Å². The number of carboxylic acid groups (broad SMARTS) is 1. The first-order valence-corrected chi connectivity index (χ1v) is 4.56. The second kappa shape index (κ2) is 4.64. The molecule has 5 heteroatoms. The summed E-state index contributed by atoms with van der Waals surface area (Å²) in [6, 6.07) is 1.98. The van der Waals surface area contributed by atoms with E-state index in [-0.39, 0.29) is 12.5 Å². The third kappa shape index (κ3) is 3.47. The van der Waals surface area contributed by atoms with Gasteiger partial charge in [0.05, 0.1) is 0 Å². The fraction of sp³-hybridized carbons (Fsp3) is 0.556. The molecule has 0 fully saturated rings. The molecule has 14 heavy (non-hydrogen) atoms. The first-order valence-electron chi connectivity index (χ1n) is 4.56. The van der Waals surface area contributed by atoms with Crippen molar-refractivity contribution >= 4 is 11.8 Å². The van der Waals surface area contributed by atoms with Crippen LogP contribution in [0.25, 0.3) is 0 Å². The van der Waals surface area contributed by atoms with Crippen LogP contribution in [0.5, 0.6) is 0 Å². The fourth-order valence-electron chi connectivity index (χ4n) is 1.16. The molecule has 2 N–H and O–H groups in total. The molecule has 1 rings (SSSR count). The van der Waals surface area contributed by atoms with Gasteiger partial charge < -0.3 is 10.4 Å². The SMILES string of the molecule is CC(CCC(=O)O)Nc1ccn(C)n1. The zero-order chi connectivity index (χ0) is 10.6. The number of carboxylic acids is 1. The molecule has 1 heterocycles. The summed E-state index contributed by atoms with van der Waals surface area (Å²) in [7, 11) is 1.84. The molecular weight excluding hydrogens is 182 g/mol. The summed E-state index contributed by atoms with van der Waals surface area (Å²) >= 11 is 0. The molecule has 0 saturated carbocycles. The minimum atomic E-state index is -0.764. The quantitative estimate of drug-likeness (QED) is 0.741. The molecule has 1 atom stereocenters. The number of rotatable bonds is 5. The van der Waals surface area contributed by atoms with E-state index < -0.39 is 5.97 Å². The molecule has 0 aromatic carbocycles. The van der Waals surface area contributed by atoms with Gasteiger partial charge in [-0.05, 0) is 13.3 Å². The molecule has 0 aliphatic rings. The maximum absolute atomic E-state index is 10.3. The number of aliphatic carboxylic acids is 1. The van der Waals surface area contributed by atoms with Gasteiger partial charge in [-0.15, -0.1) is 0 Å². The summed E-state index contributed by atoms with van der Waals surface area (Å²) < 4.78 is 1.70. The molecule has 5 nitrogen and oxygen atoms in total. The number of nitrogens with zero attached hydrogens (tertiary/aromatic N) is 2. The van der Waals surface area contributed by atoms with Crippen LogP contribution in [-0.4, -0.2) is 26.9 Å². The van der Waals surface area contributed by atoms with Gasteiger partial charge in [0.25, 0.3) is 0 Å². The number of nitrogens with one attached hydrogen (secondary N) is 1. The van der Waals surface area contributed by atoms with E-state index >= 15 is 0 Å². The average molecular weight is 197 g/mol. The monoisotopic (exact) mass is 197 g/mol. The Morgan fingerprint density at radius 2 is 2.50 bits per heavy atom. The highest BCUT2D eigenvalue weighted by Gasteiger charge is 2.06. The van der Waals surface area contributed by atoms with E-state index in [1.165, 1.54) is 0 Å². The molecule has 0 radical (unpaired) electrons. The second-order valence-corrected chi connectivity index (χ2v) is 3.35. The van der Waals surface area contributed by atoms with Crippen molar-refractivity contribution in [2.24, 2.45) is 7.05 Å². The molecule has 0 saturated heterocycles. The molecule has 0 aliphatic carbocycles. The van der Waals surface area contributed by atoms with Crippen LogP contribution in [0.4, 0.5) is 5.82 Å². The van der Waals surface area contributed by atoms with Crippen molar-refractivity contribution in [2.45, 2.75) is 25.8 Å². The van der Waals surface area contributed by atoms with Crippen LogP contribution in [0, 0.1) is 0 Å². The van der Waals surface area contributed by atoms with Gasteiger partial charge in [-0.2, -0.15) is 5.10 Å². The predicted molar refractivity (Wildman–Crippen MR) is 53.2 cm³/mol. The first-order chi connectivity index (χ1) is 6.58. The van der Waals surface area contributed by atoms with Crippen LogP contribution >= 0.6 is 0 Å². The Balaban J connectivity index is 2.33. The largest absolute Gasteiger partial charge is 0.481 e. The fourth-order valence-corrected chi connectivity index (χ4v) is 1.16. The van der Waals surface area contributed by atoms with E-state index in [1.54, 1.807) is 4.68 Å². The van der Waals surface area contributed by atoms with E-state index in [4.69, 9.17) is 5.11 Å². The van der Waals surface area contributed by atoms with Gasteiger partial charge in [0, 0.05) is 31.8 Å². The Morgan fingerprint density at radius 1 is 1.79 bits per heavy atom. The number of hydrogen-bond acceptors (Lipinski definition) is 3. The molecule has 1 aromatic rings. The molecule has 1 unspecified atom stereocenters. The lowest BCUT2D eigenvalue weighted by Gasteiger charge is -2.10. The number of anilines is 1. The molecule has 78 valence electrons. The summed E-state index contributed by atoms with van der Waals surface area (Å²) in [5, 5.41) is 15.7. The maximum Gasteiger partial charge on any atom is 0.303 e. The van der Waals surface area contributed by atoms with Crippen LogP contribution in [0.3, 0.4) is 0 Å². The summed E-state index contributed by atoms with van der Waals surface area (Å²) in [4.78, 5) is 10.3. The Hall–Kier alpha value is -1.52. The lowest BCUT2D eigenvalue weighted by molar-refractivity contribution is -0.137. The highest BCUT2D eigenvalue weighted by atomic mass is 16.4. The van der Waals surface area contributed by atoms with Gasteiger partial charge in [-0.3, -0.25) is 9.48 Å². The van der Waals surface area contributed by atoms with E-state index in [1.807, 2.05) is 26.2 Å². The van der Waals surface area contributed by atoms with E-state index in [0.717, 1.165) is 5.82 Å². The van der Waals surface area contributed by atoms with E-state index in [0.29, 0.717) is 6.42 Å². The van der Waals surface area contributed by atoms with Crippen LogP contribution in [0.2, 0.25) is 0 Å². The molecule has 0 bridgehead atoms. The number of aryl methyl sites for hydroxylation is 1. The van der Waals surface area contributed by atoms with Crippen molar-refractivity contribution in [3.05, 3.63) is 12.3 Å². The molecule has 0 aliphatic heterocycles.